The molecule has 0 saturated carbocycles. The van der Waals surface area contributed by atoms with Gasteiger partial charge in [-0.25, -0.2) is 0 Å². The molecule has 0 aromatic carbocycles. The van der Waals surface area contributed by atoms with Crippen LogP contribution in [0.1, 0.15) is 72.1 Å². The number of aliphatic hydroxyl groups excluding tert-OH is 9. The highest BCUT2D eigenvalue weighted by atomic mass is 16.6. The van der Waals surface area contributed by atoms with Gasteiger partial charge in [-0.2, -0.15) is 0 Å². The summed E-state index contributed by atoms with van der Waals surface area (Å²) in [6, 6.07) is 0. The van der Waals surface area contributed by atoms with Crippen molar-refractivity contribution in [1.29, 1.82) is 0 Å². The fourth-order valence-electron chi connectivity index (χ4n) is 4.86. The number of hydrogen-bond acceptors (Lipinski definition) is 11. The normalized spacial score (nSPS) is 36.7. The highest BCUT2D eigenvalue weighted by Gasteiger charge is 2.32. The lowest BCUT2D eigenvalue weighted by molar-refractivity contribution is -0.162. The molecule has 1 heterocycles. The van der Waals surface area contributed by atoms with Gasteiger partial charge in [-0.05, 0) is 45.1 Å². The van der Waals surface area contributed by atoms with Gasteiger partial charge in [0.25, 0.3) is 0 Å². The molecule has 0 aliphatic carbocycles. The van der Waals surface area contributed by atoms with E-state index in [9.17, 15) is 50.8 Å². The average molecular weight is 627 g/mol. The first-order valence-corrected chi connectivity index (χ1v) is 15.4. The van der Waals surface area contributed by atoms with E-state index < -0.39 is 72.9 Å². The highest BCUT2D eigenvalue weighted by molar-refractivity contribution is 5.73. The van der Waals surface area contributed by atoms with Crippen molar-refractivity contribution in [2.75, 3.05) is 0 Å². The molecule has 11 atom stereocenters. The van der Waals surface area contributed by atoms with E-state index in [0.717, 1.165) is 6.42 Å². The number of aliphatic hydroxyl groups is 9. The Morgan fingerprint density at radius 1 is 0.705 bits per heavy atom. The minimum absolute atomic E-state index is 0.212. The zero-order valence-electron chi connectivity index (χ0n) is 26.0. The van der Waals surface area contributed by atoms with Crippen LogP contribution in [0.5, 0.6) is 0 Å². The average Bonchev–Trinajstić information content (AvgIpc) is 2.94. The molecule has 0 saturated heterocycles. The van der Waals surface area contributed by atoms with Crippen molar-refractivity contribution in [3.63, 3.8) is 0 Å². The van der Waals surface area contributed by atoms with E-state index in [0.29, 0.717) is 18.4 Å². The second-order valence-corrected chi connectivity index (χ2v) is 11.7. The highest BCUT2D eigenvalue weighted by Crippen LogP contribution is 2.23. The van der Waals surface area contributed by atoms with Crippen LogP contribution in [0.25, 0.3) is 0 Å². The predicted molar refractivity (Wildman–Crippen MR) is 166 cm³/mol. The SMILES string of the molecule is CCCC[C@H]1C(=O)O[C@@H](C)[C@@H](O)C=CC=CC=CC=CC=C(C)[C@H](O)C(O)[C@H](O)C[C@H](O)C[C@H](O)C[C@H](O)C[C@@H](O)C[C@H]1O. The molecule has 9 N–H and O–H groups in total. The second-order valence-electron chi connectivity index (χ2n) is 11.7. The molecule has 0 fully saturated rings. The number of unbranched alkanes of at least 4 members (excludes halogenated alkanes) is 1. The van der Waals surface area contributed by atoms with Crippen molar-refractivity contribution in [3.05, 3.63) is 60.3 Å². The van der Waals surface area contributed by atoms with Crippen molar-refractivity contribution in [2.45, 2.75) is 133 Å². The summed E-state index contributed by atoms with van der Waals surface area (Å²) in [5.41, 5.74) is 0.370. The van der Waals surface area contributed by atoms with E-state index >= 15 is 0 Å². The molecular weight excluding hydrogens is 572 g/mol. The fraction of sp³-hybridized carbons (Fsp3) is 0.667. The van der Waals surface area contributed by atoms with Gasteiger partial charge in [0, 0.05) is 12.8 Å². The van der Waals surface area contributed by atoms with Crippen molar-refractivity contribution in [3.8, 4) is 0 Å². The van der Waals surface area contributed by atoms with Crippen LogP contribution in [-0.4, -0.2) is 113 Å². The standard InChI is InChI=1S/C33H54O11/c1-4-5-14-27-29(39)19-25(36)17-23(34)16-24(35)18-26(37)20-30(40)32(42)31(41)21(2)13-11-9-7-6-8-10-12-15-28(38)22(3)44-33(27)43/h6-13,15,22-32,34-42H,4-5,14,16-20H2,1-3H3/t22-,23-,24+,25+,26+,27+,28-,29+,30+,31-,32?/m0/s1. The third-order valence-electron chi connectivity index (χ3n) is 7.60. The molecule has 1 unspecified atom stereocenters. The van der Waals surface area contributed by atoms with Crippen molar-refractivity contribution < 1.29 is 55.5 Å². The van der Waals surface area contributed by atoms with Crippen molar-refractivity contribution in [2.24, 2.45) is 5.92 Å². The molecule has 0 aromatic heterocycles. The summed E-state index contributed by atoms with van der Waals surface area (Å²) in [4.78, 5) is 12.9. The first-order valence-electron chi connectivity index (χ1n) is 15.4. The quantitative estimate of drug-likeness (QED) is 0.203. The summed E-state index contributed by atoms with van der Waals surface area (Å²) in [6.07, 6.45) is 2.50. The lowest BCUT2D eigenvalue weighted by Crippen LogP contribution is -2.40. The summed E-state index contributed by atoms with van der Waals surface area (Å²) in [7, 11) is 0. The molecule has 0 radical (unpaired) electrons. The number of esters is 1. The Labute approximate surface area is 260 Å². The number of ether oxygens (including phenoxy) is 1. The third-order valence-corrected chi connectivity index (χ3v) is 7.60. The molecule has 0 bridgehead atoms. The first-order chi connectivity index (χ1) is 20.8. The Balaban J connectivity index is 3.11. The number of rotatable bonds is 3. The smallest absolute Gasteiger partial charge is 0.311 e. The molecule has 11 heteroatoms. The molecule has 11 nitrogen and oxygen atoms in total. The number of allylic oxidation sites excluding steroid dienone is 8. The van der Waals surface area contributed by atoms with E-state index in [1.165, 1.54) is 13.0 Å². The van der Waals surface area contributed by atoms with Crippen LogP contribution < -0.4 is 0 Å². The van der Waals surface area contributed by atoms with Crippen molar-refractivity contribution in [1.82, 2.24) is 0 Å². The van der Waals surface area contributed by atoms with Gasteiger partial charge in [-0.15, -0.1) is 0 Å². The van der Waals surface area contributed by atoms with Crippen LogP contribution in [0.15, 0.2) is 60.3 Å². The Bertz CT molecular complexity index is 959. The maximum atomic E-state index is 12.9. The van der Waals surface area contributed by atoms with Crippen LogP contribution in [0.2, 0.25) is 0 Å². The molecular formula is C33H54O11. The van der Waals surface area contributed by atoms with Crippen LogP contribution >= 0.6 is 0 Å². The van der Waals surface area contributed by atoms with Gasteiger partial charge in [-0.1, -0.05) is 74.4 Å². The number of carbonyl (C=O) groups is 1. The maximum absolute atomic E-state index is 12.9. The summed E-state index contributed by atoms with van der Waals surface area (Å²) >= 11 is 0. The molecule has 44 heavy (non-hydrogen) atoms. The van der Waals surface area contributed by atoms with Gasteiger partial charge >= 0.3 is 5.97 Å². The maximum Gasteiger partial charge on any atom is 0.311 e. The van der Waals surface area contributed by atoms with Gasteiger partial charge in [0.2, 0.25) is 0 Å². The Kier molecular flexibility index (Phi) is 19.5. The number of cyclic esters (lactones) is 1. The van der Waals surface area contributed by atoms with Crippen molar-refractivity contribution >= 4 is 5.97 Å². The first kappa shape index (κ1) is 39.8. The fourth-order valence-corrected chi connectivity index (χ4v) is 4.86. The summed E-state index contributed by atoms with van der Waals surface area (Å²) < 4.78 is 5.44. The van der Waals surface area contributed by atoms with E-state index in [1.807, 2.05) is 6.92 Å². The summed E-state index contributed by atoms with van der Waals surface area (Å²) in [5, 5.41) is 93.9. The largest absolute Gasteiger partial charge is 0.459 e. The van der Waals surface area contributed by atoms with Crippen LogP contribution in [0, 0.1) is 5.92 Å². The minimum Gasteiger partial charge on any atom is -0.459 e. The van der Waals surface area contributed by atoms with E-state index in [1.54, 1.807) is 55.5 Å². The number of hydrogen-bond donors (Lipinski definition) is 9. The van der Waals surface area contributed by atoms with Crippen LogP contribution in [0.4, 0.5) is 0 Å². The molecule has 0 aromatic rings. The third kappa shape index (κ3) is 15.7. The van der Waals surface area contributed by atoms with E-state index in [-0.39, 0.29) is 32.1 Å². The molecule has 0 spiro atoms. The molecule has 252 valence electrons. The predicted octanol–water partition coefficient (Wildman–Crippen LogP) is 1.11. The lowest BCUT2D eigenvalue weighted by atomic mass is 9.90. The Hall–Kier alpha value is -2.19. The van der Waals surface area contributed by atoms with Crippen LogP contribution in [0.3, 0.4) is 0 Å². The minimum atomic E-state index is -1.59. The Morgan fingerprint density at radius 3 is 1.73 bits per heavy atom. The zero-order valence-corrected chi connectivity index (χ0v) is 26.0. The van der Waals surface area contributed by atoms with E-state index in [2.05, 4.69) is 0 Å². The molecule has 0 amide bonds. The van der Waals surface area contributed by atoms with Gasteiger partial charge in [0.05, 0.1) is 42.5 Å². The van der Waals surface area contributed by atoms with Gasteiger partial charge in [-0.3, -0.25) is 4.79 Å². The van der Waals surface area contributed by atoms with Crippen LogP contribution in [-0.2, 0) is 9.53 Å². The van der Waals surface area contributed by atoms with Gasteiger partial charge < -0.3 is 50.7 Å². The zero-order chi connectivity index (χ0) is 33.2. The summed E-state index contributed by atoms with van der Waals surface area (Å²) in [6.45, 7) is 5.03. The summed E-state index contributed by atoms with van der Waals surface area (Å²) in [5.74, 6) is -1.66. The Morgan fingerprint density at radius 2 is 1.18 bits per heavy atom. The van der Waals surface area contributed by atoms with Gasteiger partial charge in [0.15, 0.2) is 0 Å². The monoisotopic (exact) mass is 626 g/mol. The molecule has 1 rings (SSSR count). The van der Waals surface area contributed by atoms with E-state index in [4.69, 9.17) is 4.74 Å². The molecule has 1 aliphatic heterocycles. The lowest BCUT2D eigenvalue weighted by Gasteiger charge is -2.27. The topological polar surface area (TPSA) is 208 Å². The number of carbonyl (C=O) groups excluding carboxylic acids is 1. The second kappa shape index (κ2) is 21.5. The van der Waals surface area contributed by atoms with Gasteiger partial charge in [0.1, 0.15) is 24.4 Å². The molecule has 1 aliphatic rings.